The van der Waals surface area contributed by atoms with E-state index in [1.54, 1.807) is 0 Å². The number of hydrogen-bond donors (Lipinski definition) is 5. The predicted molar refractivity (Wildman–Crippen MR) is 95.6 cm³/mol. The summed E-state index contributed by atoms with van der Waals surface area (Å²) in [5.74, 6) is -1.71. The Balaban J connectivity index is 2.08. The summed E-state index contributed by atoms with van der Waals surface area (Å²) in [5.41, 5.74) is 0.150. The van der Waals surface area contributed by atoms with Crippen LogP contribution in [0, 0.1) is 10.1 Å². The van der Waals surface area contributed by atoms with Crippen molar-refractivity contribution in [2.45, 2.75) is 13.0 Å². The molecule has 0 radical (unpaired) electrons. The Morgan fingerprint density at radius 3 is 2.79 bits per heavy atom. The molecular formula is C14H15N7O7. The molecule has 148 valence electrons. The van der Waals surface area contributed by atoms with Crippen molar-refractivity contribution in [1.82, 2.24) is 20.6 Å². The van der Waals surface area contributed by atoms with Crippen molar-refractivity contribution in [3.8, 4) is 11.5 Å². The second-order valence-electron chi connectivity index (χ2n) is 5.30. The number of phenolic OH excluding ortho intramolecular Hbond substituents is 1. The van der Waals surface area contributed by atoms with Crippen LogP contribution in [-0.4, -0.2) is 50.5 Å². The van der Waals surface area contributed by atoms with Crippen molar-refractivity contribution in [3.63, 3.8) is 0 Å². The van der Waals surface area contributed by atoms with Gasteiger partial charge in [-0.1, -0.05) is 0 Å². The number of carbonyl (C=O) groups is 1. The highest BCUT2D eigenvalue weighted by Crippen LogP contribution is 2.36. The van der Waals surface area contributed by atoms with Crippen molar-refractivity contribution < 1.29 is 19.6 Å². The van der Waals surface area contributed by atoms with E-state index in [9.17, 15) is 29.6 Å². The first kappa shape index (κ1) is 20.1. The summed E-state index contributed by atoms with van der Waals surface area (Å²) in [4.78, 5) is 46.5. The van der Waals surface area contributed by atoms with Gasteiger partial charge >= 0.3 is 11.4 Å². The average molecular weight is 393 g/mol. The molecule has 0 fully saturated rings. The van der Waals surface area contributed by atoms with Gasteiger partial charge in [0.15, 0.2) is 5.75 Å². The third-order valence-corrected chi connectivity index (χ3v) is 3.34. The Morgan fingerprint density at radius 1 is 1.46 bits per heavy atom. The van der Waals surface area contributed by atoms with Gasteiger partial charge in [0.2, 0.25) is 11.6 Å². The molecule has 0 spiro atoms. The lowest BCUT2D eigenvalue weighted by Gasteiger charge is -2.11. The first-order chi connectivity index (χ1) is 13.2. The van der Waals surface area contributed by atoms with Crippen molar-refractivity contribution in [3.05, 3.63) is 48.6 Å². The summed E-state index contributed by atoms with van der Waals surface area (Å²) in [6.45, 7) is 1.41. The van der Waals surface area contributed by atoms with Gasteiger partial charge < -0.3 is 15.2 Å². The predicted octanol–water partition coefficient (Wildman–Crippen LogP) is -0.969. The maximum absolute atomic E-state index is 12.0. The number of methoxy groups -OCH3 is 1. The molecule has 1 unspecified atom stereocenters. The molecule has 2 aromatic rings. The molecule has 14 nitrogen and oxygen atoms in total. The largest absolute Gasteiger partial charge is 0.500 e. The Bertz CT molecular complexity index is 1040. The normalized spacial score (nSPS) is 11.8. The molecule has 1 amide bonds. The number of H-pyrrole nitrogens is 2. The highest BCUT2D eigenvalue weighted by Gasteiger charge is 2.19. The number of rotatable bonds is 7. The molecule has 1 atom stereocenters. The van der Waals surface area contributed by atoms with Gasteiger partial charge in [-0.15, -0.1) is 5.10 Å². The third kappa shape index (κ3) is 4.69. The number of nitrogens with zero attached hydrogens (tertiary/aromatic N) is 3. The summed E-state index contributed by atoms with van der Waals surface area (Å²) in [6.07, 6.45) is 1.10. The first-order valence-corrected chi connectivity index (χ1v) is 7.56. The van der Waals surface area contributed by atoms with Crippen LogP contribution in [-0.2, 0) is 4.79 Å². The Hall–Kier alpha value is -4.23. The molecule has 0 bridgehead atoms. The molecular weight excluding hydrogens is 378 g/mol. The molecule has 5 N–H and O–H groups in total. The number of anilines is 1. The van der Waals surface area contributed by atoms with Crippen LogP contribution < -0.4 is 26.7 Å². The van der Waals surface area contributed by atoms with Crippen molar-refractivity contribution >= 4 is 23.6 Å². The lowest BCUT2D eigenvalue weighted by Crippen LogP contribution is -2.38. The van der Waals surface area contributed by atoms with Crippen LogP contribution in [0.3, 0.4) is 0 Å². The molecule has 1 heterocycles. The minimum absolute atomic E-state index is 0.139. The van der Waals surface area contributed by atoms with Gasteiger partial charge in [0.05, 0.1) is 18.2 Å². The van der Waals surface area contributed by atoms with Crippen LogP contribution in [0.5, 0.6) is 11.5 Å². The second-order valence-corrected chi connectivity index (χ2v) is 5.30. The van der Waals surface area contributed by atoms with E-state index in [1.165, 1.54) is 20.1 Å². The van der Waals surface area contributed by atoms with E-state index in [2.05, 4.69) is 20.9 Å². The molecule has 0 aliphatic rings. The van der Waals surface area contributed by atoms with E-state index < -0.39 is 39.6 Å². The summed E-state index contributed by atoms with van der Waals surface area (Å²) in [5, 5.41) is 32.3. The number of hydrogen-bond acceptors (Lipinski definition) is 10. The zero-order valence-electron chi connectivity index (χ0n) is 14.5. The quantitative estimate of drug-likeness (QED) is 0.222. The minimum atomic E-state index is -0.958. The Morgan fingerprint density at radius 2 is 2.18 bits per heavy atom. The van der Waals surface area contributed by atoms with E-state index >= 15 is 0 Å². The van der Waals surface area contributed by atoms with Crippen molar-refractivity contribution in [1.29, 1.82) is 0 Å². The zero-order chi connectivity index (χ0) is 20.8. The fraction of sp³-hybridized carbons (Fsp3) is 0.214. The van der Waals surface area contributed by atoms with E-state index in [0.717, 1.165) is 12.3 Å². The summed E-state index contributed by atoms with van der Waals surface area (Å²) in [7, 11) is 1.22. The maximum atomic E-state index is 12.0. The van der Waals surface area contributed by atoms with Gasteiger partial charge in [0.1, 0.15) is 6.04 Å². The Labute approximate surface area is 155 Å². The molecule has 1 aromatic heterocycles. The van der Waals surface area contributed by atoms with E-state index in [-0.39, 0.29) is 17.1 Å². The summed E-state index contributed by atoms with van der Waals surface area (Å²) >= 11 is 0. The molecule has 0 saturated carbocycles. The molecule has 2 rings (SSSR count). The van der Waals surface area contributed by atoms with Crippen molar-refractivity contribution in [2.75, 3.05) is 12.4 Å². The number of hydrazone groups is 1. The standard InChI is InChI=1S/C14H15N7O7/c1-6(16-11-13(24)17-14(25)20-18-11)12(23)19-15-5-7-3-8(21(26)27)10(22)9(4-7)28-2/h3-6,22H,1-2H3,(H,16,18)(H,19,23)(H2,17,20,24,25)/b15-5+. The molecule has 14 heteroatoms. The highest BCUT2D eigenvalue weighted by atomic mass is 16.6. The summed E-state index contributed by atoms with van der Waals surface area (Å²) in [6, 6.07) is 1.36. The van der Waals surface area contributed by atoms with Gasteiger partial charge in [0, 0.05) is 11.6 Å². The third-order valence-electron chi connectivity index (χ3n) is 3.34. The Kier molecular flexibility index (Phi) is 6.05. The molecule has 28 heavy (non-hydrogen) atoms. The van der Waals surface area contributed by atoms with Crippen LogP contribution in [0.1, 0.15) is 12.5 Å². The number of nitrogens with one attached hydrogen (secondary N) is 4. The molecule has 0 aliphatic carbocycles. The first-order valence-electron chi connectivity index (χ1n) is 7.56. The summed E-state index contributed by atoms with van der Waals surface area (Å²) < 4.78 is 4.85. The monoisotopic (exact) mass is 393 g/mol. The highest BCUT2D eigenvalue weighted by molar-refractivity contribution is 5.87. The second kappa shape index (κ2) is 8.43. The maximum Gasteiger partial charge on any atom is 0.342 e. The van der Waals surface area contributed by atoms with Gasteiger partial charge in [-0.3, -0.25) is 24.7 Å². The topological polar surface area (TPSA) is 205 Å². The number of aromatic hydroxyl groups is 1. The van der Waals surface area contributed by atoms with Gasteiger partial charge in [-0.2, -0.15) is 5.10 Å². The SMILES string of the molecule is COc1cc(/C=N/NC(=O)C(C)Nc2n[nH]c(=O)[nH]c2=O)cc([N+](=O)[O-])c1O. The number of nitro groups is 1. The molecule has 0 aliphatic heterocycles. The number of benzene rings is 1. The van der Waals surface area contributed by atoms with E-state index in [1.807, 2.05) is 10.1 Å². The lowest BCUT2D eigenvalue weighted by atomic mass is 10.2. The van der Waals surface area contributed by atoms with Crippen LogP contribution in [0.25, 0.3) is 0 Å². The number of carbonyl (C=O) groups excluding carboxylic acids is 1. The van der Waals surface area contributed by atoms with E-state index in [0.29, 0.717) is 0 Å². The fourth-order valence-electron chi connectivity index (χ4n) is 1.97. The minimum Gasteiger partial charge on any atom is -0.500 e. The smallest absolute Gasteiger partial charge is 0.342 e. The van der Waals surface area contributed by atoms with Gasteiger partial charge in [0.25, 0.3) is 11.5 Å². The number of ether oxygens (including phenoxy) is 1. The number of phenols is 1. The van der Waals surface area contributed by atoms with E-state index in [4.69, 9.17) is 4.74 Å². The van der Waals surface area contributed by atoms with Crippen LogP contribution in [0.2, 0.25) is 0 Å². The number of aromatic nitrogens is 3. The molecule has 1 aromatic carbocycles. The number of nitro benzene ring substituents is 1. The van der Waals surface area contributed by atoms with Gasteiger partial charge in [-0.05, 0) is 13.0 Å². The zero-order valence-corrected chi connectivity index (χ0v) is 14.5. The number of amides is 1. The van der Waals surface area contributed by atoms with Gasteiger partial charge in [-0.25, -0.2) is 15.3 Å². The van der Waals surface area contributed by atoms with Crippen LogP contribution >= 0.6 is 0 Å². The van der Waals surface area contributed by atoms with Crippen LogP contribution in [0.4, 0.5) is 11.5 Å². The van der Waals surface area contributed by atoms with Crippen LogP contribution in [0.15, 0.2) is 26.8 Å². The van der Waals surface area contributed by atoms with Crippen molar-refractivity contribution in [2.24, 2.45) is 5.10 Å². The average Bonchev–Trinajstić information content (AvgIpc) is 2.64. The number of aromatic amines is 2. The molecule has 0 saturated heterocycles. The lowest BCUT2D eigenvalue weighted by molar-refractivity contribution is -0.386. The fourth-order valence-corrected chi connectivity index (χ4v) is 1.97.